The van der Waals surface area contributed by atoms with Crippen LogP contribution in [0.2, 0.25) is 0 Å². The summed E-state index contributed by atoms with van der Waals surface area (Å²) in [5.74, 6) is -3.65. The summed E-state index contributed by atoms with van der Waals surface area (Å²) in [5, 5.41) is 18.1. The van der Waals surface area contributed by atoms with Gasteiger partial charge in [-0.2, -0.15) is 0 Å². The zero-order valence-electron chi connectivity index (χ0n) is 12.9. The van der Waals surface area contributed by atoms with E-state index in [1.165, 1.54) is 0 Å². The molecular weight excluding hydrogens is 280 g/mol. The van der Waals surface area contributed by atoms with Gasteiger partial charge in [-0.3, -0.25) is 0 Å². The second-order valence-electron chi connectivity index (χ2n) is 5.70. The Bertz CT molecular complexity index is 359. The molecule has 0 aromatic carbocycles. The summed E-state index contributed by atoms with van der Waals surface area (Å²) < 4.78 is 5.31. The molecule has 1 fully saturated rings. The number of rotatable bonds is 1. The van der Waals surface area contributed by atoms with Crippen molar-refractivity contribution in [3.8, 4) is 0 Å². The average molecular weight is 304 g/mol. The molecule has 0 aromatic heterocycles. The first-order valence-corrected chi connectivity index (χ1v) is 6.67. The number of aliphatic carboxylic acids is 2. The number of nitrogens with one attached hydrogen (secondary N) is 1. The molecule has 1 saturated heterocycles. The van der Waals surface area contributed by atoms with E-state index in [9.17, 15) is 4.79 Å². The summed E-state index contributed by atoms with van der Waals surface area (Å²) in [6, 6.07) is 0.272. The van der Waals surface area contributed by atoms with E-state index in [4.69, 9.17) is 24.5 Å². The van der Waals surface area contributed by atoms with Gasteiger partial charge in [-0.25, -0.2) is 14.4 Å². The fourth-order valence-electron chi connectivity index (χ4n) is 1.65. The minimum absolute atomic E-state index is 0.226. The molecule has 1 heterocycles. The van der Waals surface area contributed by atoms with Crippen molar-refractivity contribution in [1.82, 2.24) is 10.2 Å². The third kappa shape index (κ3) is 8.85. The molecule has 0 aromatic rings. The van der Waals surface area contributed by atoms with Crippen molar-refractivity contribution < 1.29 is 29.3 Å². The molecule has 21 heavy (non-hydrogen) atoms. The zero-order valence-corrected chi connectivity index (χ0v) is 12.9. The zero-order chi connectivity index (χ0) is 16.6. The molecule has 1 amide bonds. The fourth-order valence-corrected chi connectivity index (χ4v) is 1.65. The molecule has 1 atom stereocenters. The highest BCUT2D eigenvalue weighted by Crippen LogP contribution is 2.14. The summed E-state index contributed by atoms with van der Waals surface area (Å²) in [6.07, 6.45) is 1.96. The number of carboxylic acid groups (broad SMARTS) is 2. The van der Waals surface area contributed by atoms with Crippen LogP contribution in [-0.4, -0.2) is 64.9 Å². The lowest BCUT2D eigenvalue weighted by atomic mass is 10.1. The summed E-state index contributed by atoms with van der Waals surface area (Å²) >= 11 is 0. The Hall–Kier alpha value is -1.83. The van der Waals surface area contributed by atoms with Gasteiger partial charge in [-0.15, -0.1) is 0 Å². The SMILES string of the molecule is CN(C(=O)OC(C)(C)C)[C@H]1CCCNC1.O=C(O)C(=O)O. The molecule has 0 aliphatic carbocycles. The van der Waals surface area contributed by atoms with Crippen LogP contribution in [0.15, 0.2) is 0 Å². The van der Waals surface area contributed by atoms with Gasteiger partial charge in [0.1, 0.15) is 5.60 Å². The Balaban J connectivity index is 0.000000567. The molecule has 0 bridgehead atoms. The van der Waals surface area contributed by atoms with E-state index < -0.39 is 17.5 Å². The van der Waals surface area contributed by atoms with Gasteiger partial charge in [-0.1, -0.05) is 0 Å². The van der Waals surface area contributed by atoms with Gasteiger partial charge < -0.3 is 25.2 Å². The van der Waals surface area contributed by atoms with Crippen LogP contribution < -0.4 is 5.32 Å². The molecule has 0 unspecified atom stereocenters. The number of carbonyl (C=O) groups excluding carboxylic acids is 1. The lowest BCUT2D eigenvalue weighted by molar-refractivity contribution is -0.159. The van der Waals surface area contributed by atoms with Gasteiger partial charge in [0, 0.05) is 19.6 Å². The number of hydrogen-bond donors (Lipinski definition) is 3. The highest BCUT2D eigenvalue weighted by molar-refractivity contribution is 6.27. The largest absolute Gasteiger partial charge is 0.473 e. The summed E-state index contributed by atoms with van der Waals surface area (Å²) in [7, 11) is 1.81. The second-order valence-corrected chi connectivity index (χ2v) is 5.70. The molecule has 3 N–H and O–H groups in total. The van der Waals surface area contributed by atoms with E-state index in [1.807, 2.05) is 27.8 Å². The Morgan fingerprint density at radius 1 is 1.19 bits per heavy atom. The van der Waals surface area contributed by atoms with Gasteiger partial charge in [0.15, 0.2) is 0 Å². The van der Waals surface area contributed by atoms with Crippen LogP contribution in [0.1, 0.15) is 33.6 Å². The highest BCUT2D eigenvalue weighted by Gasteiger charge is 2.26. The molecule has 0 radical (unpaired) electrons. The number of likely N-dealkylation sites (N-methyl/N-ethyl adjacent to an activating group) is 1. The lowest BCUT2D eigenvalue weighted by Gasteiger charge is -2.33. The van der Waals surface area contributed by atoms with Gasteiger partial charge in [0.2, 0.25) is 0 Å². The van der Waals surface area contributed by atoms with Crippen LogP contribution in [-0.2, 0) is 14.3 Å². The molecule has 1 aliphatic heterocycles. The van der Waals surface area contributed by atoms with Crippen molar-refractivity contribution in [2.75, 3.05) is 20.1 Å². The number of hydrogen-bond acceptors (Lipinski definition) is 5. The number of piperidine rings is 1. The van der Waals surface area contributed by atoms with Crippen LogP contribution in [0, 0.1) is 0 Å². The normalized spacial score (nSPS) is 18.0. The van der Waals surface area contributed by atoms with Crippen molar-refractivity contribution in [2.45, 2.75) is 45.3 Å². The van der Waals surface area contributed by atoms with Gasteiger partial charge in [0.25, 0.3) is 0 Å². The topological polar surface area (TPSA) is 116 Å². The van der Waals surface area contributed by atoms with Crippen LogP contribution >= 0.6 is 0 Å². The second kappa shape index (κ2) is 8.46. The predicted octanol–water partition coefficient (Wildman–Crippen LogP) is 0.761. The van der Waals surface area contributed by atoms with Gasteiger partial charge in [0.05, 0.1) is 0 Å². The molecule has 0 spiro atoms. The number of ether oxygens (including phenoxy) is 1. The molecule has 0 saturated carbocycles. The quantitative estimate of drug-likeness (QED) is 0.612. The van der Waals surface area contributed by atoms with E-state index in [-0.39, 0.29) is 12.1 Å². The Morgan fingerprint density at radius 2 is 1.71 bits per heavy atom. The number of carboxylic acids is 2. The average Bonchev–Trinajstić information content (AvgIpc) is 2.37. The van der Waals surface area contributed by atoms with E-state index in [0.717, 1.165) is 25.9 Å². The Kier molecular flexibility index (Phi) is 7.72. The van der Waals surface area contributed by atoms with Gasteiger partial charge >= 0.3 is 18.0 Å². The van der Waals surface area contributed by atoms with E-state index in [0.29, 0.717) is 0 Å². The Labute approximate surface area is 124 Å². The minimum atomic E-state index is -1.82. The molecular formula is C13H24N2O6. The van der Waals surface area contributed by atoms with E-state index >= 15 is 0 Å². The number of carbonyl (C=O) groups is 3. The maximum atomic E-state index is 11.7. The molecule has 1 aliphatic rings. The van der Waals surface area contributed by atoms with Crippen molar-refractivity contribution in [3.63, 3.8) is 0 Å². The first kappa shape index (κ1) is 19.2. The predicted molar refractivity (Wildman–Crippen MR) is 75.2 cm³/mol. The fraction of sp³-hybridized carbons (Fsp3) is 0.769. The smallest absolute Gasteiger partial charge is 0.414 e. The first-order valence-electron chi connectivity index (χ1n) is 6.67. The summed E-state index contributed by atoms with van der Waals surface area (Å²) in [6.45, 7) is 7.59. The molecule has 122 valence electrons. The lowest BCUT2D eigenvalue weighted by Crippen LogP contribution is -2.48. The third-order valence-electron chi connectivity index (χ3n) is 2.68. The van der Waals surface area contributed by atoms with Gasteiger partial charge in [-0.05, 0) is 40.2 Å². The Morgan fingerprint density at radius 3 is 2.05 bits per heavy atom. The van der Waals surface area contributed by atoms with E-state index in [2.05, 4.69) is 5.32 Å². The van der Waals surface area contributed by atoms with Crippen molar-refractivity contribution in [2.24, 2.45) is 0 Å². The maximum absolute atomic E-state index is 11.7. The van der Waals surface area contributed by atoms with Crippen molar-refractivity contribution >= 4 is 18.0 Å². The van der Waals surface area contributed by atoms with Crippen LogP contribution in [0.3, 0.4) is 0 Å². The summed E-state index contributed by atoms with van der Waals surface area (Å²) in [5.41, 5.74) is -0.409. The van der Waals surface area contributed by atoms with Crippen LogP contribution in [0.25, 0.3) is 0 Å². The van der Waals surface area contributed by atoms with Crippen LogP contribution in [0.5, 0.6) is 0 Å². The third-order valence-corrected chi connectivity index (χ3v) is 2.68. The monoisotopic (exact) mass is 304 g/mol. The van der Waals surface area contributed by atoms with Crippen molar-refractivity contribution in [1.29, 1.82) is 0 Å². The first-order chi connectivity index (χ1) is 9.54. The van der Waals surface area contributed by atoms with Crippen LogP contribution in [0.4, 0.5) is 4.79 Å². The summed E-state index contributed by atoms with van der Waals surface area (Å²) in [4.78, 5) is 31.6. The highest BCUT2D eigenvalue weighted by atomic mass is 16.6. The molecule has 1 rings (SSSR count). The number of amides is 1. The number of nitrogens with zero attached hydrogens (tertiary/aromatic N) is 1. The van der Waals surface area contributed by atoms with E-state index in [1.54, 1.807) is 4.90 Å². The van der Waals surface area contributed by atoms with Crippen molar-refractivity contribution in [3.05, 3.63) is 0 Å². The molecule has 8 nitrogen and oxygen atoms in total. The maximum Gasteiger partial charge on any atom is 0.414 e. The standard InChI is InChI=1S/C11H22N2O2.C2H2O4/c1-11(2,3)15-10(14)13(4)9-6-5-7-12-8-9;3-1(4)2(5)6/h9,12H,5-8H2,1-4H3;(H,3,4)(H,5,6)/t9-;/m0./s1. The molecule has 8 heteroatoms. The minimum Gasteiger partial charge on any atom is -0.473 e.